The predicted octanol–water partition coefficient (Wildman–Crippen LogP) is 5.83. The number of hydrogen-bond donors (Lipinski definition) is 0. The van der Waals surface area contributed by atoms with Crippen LogP contribution in [0.5, 0.6) is 0 Å². The van der Waals surface area contributed by atoms with Gasteiger partial charge in [0.15, 0.2) is 0 Å². The molecule has 0 aliphatic rings. The van der Waals surface area contributed by atoms with E-state index in [9.17, 15) is 0 Å². The average molecular weight is 343 g/mol. The summed E-state index contributed by atoms with van der Waals surface area (Å²) in [6.07, 6.45) is 15.1. The van der Waals surface area contributed by atoms with Gasteiger partial charge >= 0.3 is 8.80 Å². The largest absolute Gasteiger partial charge is 0.529 e. The van der Waals surface area contributed by atoms with Crippen LogP contribution >= 0.6 is 0 Å². The van der Waals surface area contributed by atoms with Gasteiger partial charge < -0.3 is 13.3 Å². The Morgan fingerprint density at radius 3 is 1.52 bits per heavy atom. The first-order chi connectivity index (χ1) is 11.2. The number of unbranched alkanes of at least 4 members (excludes halogenated alkanes) is 4. The van der Waals surface area contributed by atoms with Gasteiger partial charge in [0, 0.05) is 19.8 Å². The number of hydrogen-bond acceptors (Lipinski definition) is 3. The fourth-order valence-electron chi connectivity index (χ4n) is 1.86. The molecule has 23 heavy (non-hydrogen) atoms. The highest BCUT2D eigenvalue weighted by atomic mass is 28.4. The van der Waals surface area contributed by atoms with Gasteiger partial charge in [-0.1, -0.05) is 71.6 Å². The molecule has 0 unspecified atom stereocenters. The van der Waals surface area contributed by atoms with Crippen molar-refractivity contribution in [3.63, 3.8) is 0 Å². The van der Waals surface area contributed by atoms with E-state index in [1.54, 1.807) is 0 Å². The molecule has 3 nitrogen and oxygen atoms in total. The van der Waals surface area contributed by atoms with Gasteiger partial charge in [0.2, 0.25) is 0 Å². The lowest BCUT2D eigenvalue weighted by atomic mass is 10.3. The van der Waals surface area contributed by atoms with Crippen LogP contribution in [-0.2, 0) is 13.3 Å². The van der Waals surface area contributed by atoms with Gasteiger partial charge in [0.25, 0.3) is 0 Å². The Bertz CT molecular complexity index is 276. The number of allylic oxidation sites excluding steroid dienone is 3. The maximum absolute atomic E-state index is 6.14. The molecule has 0 aromatic heterocycles. The minimum absolute atomic E-state index is 0.712. The van der Waals surface area contributed by atoms with E-state index in [2.05, 4.69) is 45.5 Å². The van der Waals surface area contributed by atoms with Crippen molar-refractivity contribution in [1.82, 2.24) is 0 Å². The molecular formula is C19H38O3Si. The van der Waals surface area contributed by atoms with Crippen LogP contribution in [0.1, 0.15) is 79.1 Å². The molecule has 0 rings (SSSR count). The lowest BCUT2D eigenvalue weighted by Crippen LogP contribution is -2.45. The van der Waals surface area contributed by atoms with Gasteiger partial charge in [-0.3, -0.25) is 0 Å². The lowest BCUT2D eigenvalue weighted by Gasteiger charge is -2.27. The molecular weight excluding hydrogens is 304 g/mol. The Morgan fingerprint density at radius 1 is 0.652 bits per heavy atom. The predicted molar refractivity (Wildman–Crippen MR) is 102 cm³/mol. The molecule has 0 aliphatic carbocycles. The Kier molecular flexibility index (Phi) is 16.1. The van der Waals surface area contributed by atoms with Gasteiger partial charge in [-0.15, -0.1) is 0 Å². The third kappa shape index (κ3) is 12.6. The Hall–Kier alpha value is -0.423. The van der Waals surface area contributed by atoms with Crippen molar-refractivity contribution in [1.29, 1.82) is 0 Å². The van der Waals surface area contributed by atoms with E-state index in [0.29, 0.717) is 19.8 Å². The average Bonchev–Trinajstić information content (AvgIpc) is 2.55. The molecule has 0 aliphatic heterocycles. The third-order valence-corrected chi connectivity index (χ3v) is 5.83. The van der Waals surface area contributed by atoms with Crippen LogP contribution in [0.3, 0.4) is 0 Å². The molecule has 0 atom stereocenters. The van der Waals surface area contributed by atoms with Gasteiger partial charge in [-0.05, 0) is 31.4 Å². The second kappa shape index (κ2) is 16.4. The lowest BCUT2D eigenvalue weighted by molar-refractivity contribution is 0.0685. The van der Waals surface area contributed by atoms with Crippen LogP contribution < -0.4 is 0 Å². The van der Waals surface area contributed by atoms with E-state index < -0.39 is 8.80 Å². The summed E-state index contributed by atoms with van der Waals surface area (Å²) in [6.45, 7) is 10.8. The van der Waals surface area contributed by atoms with Gasteiger partial charge in [0.1, 0.15) is 0 Å². The fourth-order valence-corrected chi connectivity index (χ4v) is 4.03. The molecule has 0 aromatic rings. The van der Waals surface area contributed by atoms with Crippen molar-refractivity contribution in [3.8, 4) is 0 Å². The molecule has 0 radical (unpaired) electrons. The van der Waals surface area contributed by atoms with Crippen molar-refractivity contribution in [2.45, 2.75) is 79.1 Å². The zero-order valence-electron chi connectivity index (χ0n) is 15.8. The van der Waals surface area contributed by atoms with Crippen LogP contribution in [0, 0.1) is 0 Å². The van der Waals surface area contributed by atoms with E-state index in [-0.39, 0.29) is 0 Å². The first kappa shape index (κ1) is 22.6. The molecule has 4 heteroatoms. The fraction of sp³-hybridized carbons (Fsp3) is 0.789. The first-order valence-corrected chi connectivity index (χ1v) is 11.3. The van der Waals surface area contributed by atoms with E-state index in [0.717, 1.165) is 44.9 Å². The third-order valence-electron chi connectivity index (χ3n) is 3.41. The maximum atomic E-state index is 6.14. The van der Waals surface area contributed by atoms with E-state index in [1.165, 1.54) is 6.42 Å². The zero-order chi connectivity index (χ0) is 17.2. The van der Waals surface area contributed by atoms with Crippen LogP contribution in [0.25, 0.3) is 0 Å². The molecule has 136 valence electrons. The van der Waals surface area contributed by atoms with Crippen LogP contribution in [0.15, 0.2) is 23.9 Å². The molecule has 0 fully saturated rings. The maximum Gasteiger partial charge on any atom is 0.529 e. The summed E-state index contributed by atoms with van der Waals surface area (Å²) in [6, 6.07) is 0. The minimum Gasteiger partial charge on any atom is -0.370 e. The Morgan fingerprint density at radius 2 is 1.13 bits per heavy atom. The molecule has 0 bridgehead atoms. The van der Waals surface area contributed by atoms with Crippen LogP contribution in [-0.4, -0.2) is 28.6 Å². The summed E-state index contributed by atoms with van der Waals surface area (Å²) in [7, 11) is -2.70. The normalized spacial score (nSPS) is 12.7. The molecule has 0 saturated carbocycles. The highest BCUT2D eigenvalue weighted by molar-refractivity contribution is 6.66. The van der Waals surface area contributed by atoms with Crippen molar-refractivity contribution >= 4 is 8.80 Å². The topological polar surface area (TPSA) is 27.7 Å². The summed E-state index contributed by atoms with van der Waals surface area (Å²) >= 11 is 0. The van der Waals surface area contributed by atoms with Gasteiger partial charge in [0.05, 0.1) is 0 Å². The molecule has 0 spiro atoms. The van der Waals surface area contributed by atoms with Crippen LogP contribution in [0.2, 0.25) is 0 Å². The second-order valence-corrected chi connectivity index (χ2v) is 8.19. The highest BCUT2D eigenvalue weighted by Crippen LogP contribution is 2.15. The van der Waals surface area contributed by atoms with Gasteiger partial charge in [-0.25, -0.2) is 0 Å². The summed E-state index contributed by atoms with van der Waals surface area (Å²) < 4.78 is 18.4. The van der Waals surface area contributed by atoms with Crippen molar-refractivity contribution in [2.24, 2.45) is 0 Å². The summed E-state index contributed by atoms with van der Waals surface area (Å²) in [4.78, 5) is 0. The molecule has 0 aromatic carbocycles. The molecule has 0 heterocycles. The van der Waals surface area contributed by atoms with Crippen LogP contribution in [0.4, 0.5) is 0 Å². The first-order valence-electron chi connectivity index (χ1n) is 9.50. The second-order valence-electron chi connectivity index (χ2n) is 5.79. The SMILES string of the molecule is CCC/C=C/C=C/[Si](OCCCC)(OCCCC)OCCCC. The van der Waals surface area contributed by atoms with E-state index >= 15 is 0 Å². The highest BCUT2D eigenvalue weighted by Gasteiger charge is 2.38. The monoisotopic (exact) mass is 342 g/mol. The van der Waals surface area contributed by atoms with E-state index in [1.807, 2.05) is 6.08 Å². The molecule has 0 saturated heterocycles. The quantitative estimate of drug-likeness (QED) is 0.201. The minimum atomic E-state index is -2.70. The van der Waals surface area contributed by atoms with Crippen molar-refractivity contribution in [3.05, 3.63) is 23.9 Å². The smallest absolute Gasteiger partial charge is 0.370 e. The standard InChI is InChI=1S/C19H38O3Si/c1-5-9-13-14-15-19-23(20-16-10-6-2,21-17-11-7-3)22-18-12-8-4/h13-15,19H,5-12,16-18H2,1-4H3/b14-13+,19-15+. The Balaban J connectivity index is 4.84. The zero-order valence-corrected chi connectivity index (χ0v) is 16.8. The Labute approximate surface area is 145 Å². The van der Waals surface area contributed by atoms with Crippen molar-refractivity contribution < 1.29 is 13.3 Å². The molecule has 0 amide bonds. The number of rotatable bonds is 16. The van der Waals surface area contributed by atoms with Gasteiger partial charge in [-0.2, -0.15) is 0 Å². The van der Waals surface area contributed by atoms with Crippen molar-refractivity contribution in [2.75, 3.05) is 19.8 Å². The summed E-state index contributed by atoms with van der Waals surface area (Å²) in [5.41, 5.74) is 2.06. The summed E-state index contributed by atoms with van der Waals surface area (Å²) in [5.74, 6) is 0. The summed E-state index contributed by atoms with van der Waals surface area (Å²) in [5, 5.41) is 0. The molecule has 0 N–H and O–H groups in total. The van der Waals surface area contributed by atoms with E-state index in [4.69, 9.17) is 13.3 Å².